The van der Waals surface area contributed by atoms with Gasteiger partial charge in [-0.3, -0.25) is 9.59 Å². The molecule has 3 N–H and O–H groups in total. The zero-order valence-electron chi connectivity index (χ0n) is 15.2. The summed E-state index contributed by atoms with van der Waals surface area (Å²) in [6.07, 6.45) is 3.21. The van der Waals surface area contributed by atoms with Crippen LogP contribution in [0.2, 0.25) is 0 Å². The minimum Gasteiger partial charge on any atom is -0.364 e. The number of carbonyl (C=O) groups excluding carboxylic acids is 2. The summed E-state index contributed by atoms with van der Waals surface area (Å²) in [7, 11) is -3.45. The fraction of sp³-hybridized carbons (Fsp3) is 0.263. The van der Waals surface area contributed by atoms with Gasteiger partial charge in [-0.05, 0) is 30.5 Å². The molecular weight excluding hydrogens is 394 g/mol. The highest BCUT2D eigenvalue weighted by Gasteiger charge is 2.37. The van der Waals surface area contributed by atoms with Crippen LogP contribution in [0.5, 0.6) is 0 Å². The van der Waals surface area contributed by atoms with E-state index in [1.54, 1.807) is 18.2 Å². The van der Waals surface area contributed by atoms with Gasteiger partial charge in [0.15, 0.2) is 21.2 Å². The molecule has 5 rings (SSSR count). The van der Waals surface area contributed by atoms with Gasteiger partial charge in [-0.15, -0.1) is 0 Å². The summed E-state index contributed by atoms with van der Waals surface area (Å²) < 4.78 is 26.0. The monoisotopic (exact) mass is 411 g/mol. The molecule has 29 heavy (non-hydrogen) atoms. The molecule has 1 fully saturated rings. The van der Waals surface area contributed by atoms with Crippen molar-refractivity contribution in [2.45, 2.75) is 29.7 Å². The lowest BCUT2D eigenvalue weighted by molar-refractivity contribution is 0.0939. The Kier molecular flexibility index (Phi) is 3.75. The SMILES string of the molecule is NC(=O)c1c(C2CC2)nc2c(C(=O)NC3CS(=O)(=O)c4ccccc43)ccnn12. The molecule has 1 aliphatic carbocycles. The second-order valence-corrected chi connectivity index (χ2v) is 9.31. The van der Waals surface area contributed by atoms with Crippen molar-refractivity contribution in [2.24, 2.45) is 5.73 Å². The zero-order valence-corrected chi connectivity index (χ0v) is 16.0. The maximum Gasteiger partial charge on any atom is 0.269 e. The minimum absolute atomic E-state index is 0.141. The molecule has 1 unspecified atom stereocenters. The van der Waals surface area contributed by atoms with Gasteiger partial charge in [0.05, 0.1) is 27.9 Å². The Labute approximate surface area is 165 Å². The van der Waals surface area contributed by atoms with Crippen LogP contribution in [0.15, 0.2) is 41.4 Å². The fourth-order valence-electron chi connectivity index (χ4n) is 3.82. The topological polar surface area (TPSA) is 137 Å². The molecule has 1 aliphatic heterocycles. The molecule has 0 saturated heterocycles. The number of nitrogens with zero attached hydrogens (tertiary/aromatic N) is 3. The number of primary amides is 1. The second kappa shape index (κ2) is 6.11. The smallest absolute Gasteiger partial charge is 0.269 e. The first kappa shape index (κ1) is 17.8. The number of fused-ring (bicyclic) bond motifs is 2. The van der Waals surface area contributed by atoms with Crippen LogP contribution >= 0.6 is 0 Å². The Bertz CT molecular complexity index is 1290. The Hall–Kier alpha value is -3.27. The largest absolute Gasteiger partial charge is 0.364 e. The van der Waals surface area contributed by atoms with E-state index in [2.05, 4.69) is 15.4 Å². The van der Waals surface area contributed by atoms with Gasteiger partial charge in [0.25, 0.3) is 11.8 Å². The molecule has 2 aromatic heterocycles. The first-order valence-corrected chi connectivity index (χ1v) is 10.8. The van der Waals surface area contributed by atoms with Crippen molar-refractivity contribution in [3.8, 4) is 0 Å². The lowest BCUT2D eigenvalue weighted by Crippen LogP contribution is -2.30. The van der Waals surface area contributed by atoms with Crippen LogP contribution in [0.25, 0.3) is 5.65 Å². The van der Waals surface area contributed by atoms with Gasteiger partial charge in [-0.25, -0.2) is 17.9 Å². The minimum atomic E-state index is -3.45. The molecule has 10 heteroatoms. The van der Waals surface area contributed by atoms with Gasteiger partial charge in [-0.1, -0.05) is 18.2 Å². The van der Waals surface area contributed by atoms with Crippen molar-refractivity contribution in [3.63, 3.8) is 0 Å². The van der Waals surface area contributed by atoms with E-state index in [-0.39, 0.29) is 33.5 Å². The van der Waals surface area contributed by atoms with Gasteiger partial charge < -0.3 is 11.1 Å². The highest BCUT2D eigenvalue weighted by atomic mass is 32.2. The molecule has 0 spiro atoms. The number of sulfone groups is 1. The lowest BCUT2D eigenvalue weighted by atomic mass is 10.1. The summed E-state index contributed by atoms with van der Waals surface area (Å²) in [6, 6.07) is 7.46. The first-order chi connectivity index (χ1) is 13.9. The number of rotatable bonds is 4. The van der Waals surface area contributed by atoms with E-state index in [0.29, 0.717) is 11.3 Å². The van der Waals surface area contributed by atoms with Crippen LogP contribution in [0.1, 0.15) is 56.9 Å². The molecule has 3 heterocycles. The van der Waals surface area contributed by atoms with Crippen LogP contribution in [0.4, 0.5) is 0 Å². The summed E-state index contributed by atoms with van der Waals surface area (Å²) in [5.41, 5.74) is 7.26. The van der Waals surface area contributed by atoms with Crippen molar-refractivity contribution < 1.29 is 18.0 Å². The molecule has 0 radical (unpaired) electrons. The molecule has 148 valence electrons. The number of benzene rings is 1. The Morgan fingerprint density at radius 1 is 1.17 bits per heavy atom. The second-order valence-electron chi connectivity index (χ2n) is 7.31. The Morgan fingerprint density at radius 3 is 2.66 bits per heavy atom. The van der Waals surface area contributed by atoms with Crippen molar-refractivity contribution in [1.82, 2.24) is 19.9 Å². The van der Waals surface area contributed by atoms with Gasteiger partial charge in [0, 0.05) is 12.1 Å². The van der Waals surface area contributed by atoms with E-state index in [4.69, 9.17) is 5.73 Å². The maximum absolute atomic E-state index is 13.0. The normalized spacial score (nSPS) is 19.8. The van der Waals surface area contributed by atoms with E-state index >= 15 is 0 Å². The predicted octanol–water partition coefficient (Wildman–Crippen LogP) is 0.964. The number of nitrogens with two attached hydrogens (primary N) is 1. The van der Waals surface area contributed by atoms with Crippen LogP contribution in [-0.4, -0.2) is 40.6 Å². The number of hydrogen-bond acceptors (Lipinski definition) is 6. The van der Waals surface area contributed by atoms with Gasteiger partial charge in [0.2, 0.25) is 0 Å². The summed E-state index contributed by atoms with van der Waals surface area (Å²) in [6.45, 7) is 0. The molecule has 0 bridgehead atoms. The van der Waals surface area contributed by atoms with Crippen molar-refractivity contribution in [1.29, 1.82) is 0 Å². The first-order valence-electron chi connectivity index (χ1n) is 9.17. The highest BCUT2D eigenvalue weighted by molar-refractivity contribution is 7.91. The third-order valence-electron chi connectivity index (χ3n) is 5.31. The third kappa shape index (κ3) is 2.79. The van der Waals surface area contributed by atoms with E-state index in [9.17, 15) is 18.0 Å². The number of imidazole rings is 1. The lowest BCUT2D eigenvalue weighted by Gasteiger charge is -2.13. The number of carbonyl (C=O) groups is 2. The summed E-state index contributed by atoms with van der Waals surface area (Å²) >= 11 is 0. The summed E-state index contributed by atoms with van der Waals surface area (Å²) in [5.74, 6) is -1.20. The molecule has 9 nitrogen and oxygen atoms in total. The zero-order chi connectivity index (χ0) is 20.3. The van der Waals surface area contributed by atoms with Gasteiger partial charge in [-0.2, -0.15) is 5.10 Å². The molecule has 2 amide bonds. The average Bonchev–Trinajstić information content (AvgIpc) is 3.40. The van der Waals surface area contributed by atoms with Crippen molar-refractivity contribution in [3.05, 3.63) is 59.0 Å². The van der Waals surface area contributed by atoms with Gasteiger partial charge >= 0.3 is 0 Å². The Balaban J connectivity index is 1.55. The molecule has 3 aromatic rings. The molecule has 1 saturated carbocycles. The van der Waals surface area contributed by atoms with E-state index in [1.807, 2.05) is 0 Å². The standard InChI is InChI=1S/C19H17N5O4S/c20-17(25)16-15(10-5-6-10)23-18-12(7-8-21-24(16)18)19(26)22-13-9-29(27,28)14-4-2-1-3-11(13)14/h1-4,7-8,10,13H,5-6,9H2,(H2,20,25)(H,22,26). The molecular formula is C19H17N5O4S. The van der Waals surface area contributed by atoms with Gasteiger partial charge in [0.1, 0.15) is 0 Å². The van der Waals surface area contributed by atoms with Crippen LogP contribution in [0, 0.1) is 0 Å². The van der Waals surface area contributed by atoms with Crippen LogP contribution in [-0.2, 0) is 9.84 Å². The third-order valence-corrected chi connectivity index (χ3v) is 7.12. The number of aromatic nitrogens is 3. The average molecular weight is 411 g/mol. The van der Waals surface area contributed by atoms with E-state index in [0.717, 1.165) is 12.8 Å². The van der Waals surface area contributed by atoms with E-state index in [1.165, 1.54) is 22.8 Å². The van der Waals surface area contributed by atoms with Crippen molar-refractivity contribution in [2.75, 3.05) is 5.75 Å². The molecule has 1 aromatic carbocycles. The molecule has 1 atom stereocenters. The number of hydrogen-bond donors (Lipinski definition) is 2. The number of amides is 2. The fourth-order valence-corrected chi connectivity index (χ4v) is 5.56. The predicted molar refractivity (Wildman–Crippen MR) is 102 cm³/mol. The van der Waals surface area contributed by atoms with Crippen LogP contribution in [0.3, 0.4) is 0 Å². The number of nitrogens with one attached hydrogen (secondary N) is 1. The van der Waals surface area contributed by atoms with E-state index < -0.39 is 27.7 Å². The maximum atomic E-state index is 13.0. The Morgan fingerprint density at radius 2 is 1.93 bits per heavy atom. The van der Waals surface area contributed by atoms with Crippen molar-refractivity contribution >= 4 is 27.3 Å². The molecule has 2 aliphatic rings. The van der Waals surface area contributed by atoms with Crippen LogP contribution < -0.4 is 11.1 Å². The highest BCUT2D eigenvalue weighted by Crippen LogP contribution is 2.41. The quantitative estimate of drug-likeness (QED) is 0.656. The summed E-state index contributed by atoms with van der Waals surface area (Å²) in [5, 5.41) is 6.93. The summed E-state index contributed by atoms with van der Waals surface area (Å²) in [4.78, 5) is 29.7.